The summed E-state index contributed by atoms with van der Waals surface area (Å²) in [6, 6.07) is 6.28. The van der Waals surface area contributed by atoms with Crippen molar-refractivity contribution in [3.05, 3.63) is 52.5 Å². The Morgan fingerprint density at radius 1 is 1.35 bits per heavy atom. The Kier molecular flexibility index (Phi) is 3.91. The zero-order valence-corrected chi connectivity index (χ0v) is 13.9. The summed E-state index contributed by atoms with van der Waals surface area (Å²) in [6.45, 7) is 3.09. The third-order valence-electron chi connectivity index (χ3n) is 5.27. The van der Waals surface area contributed by atoms with E-state index >= 15 is 0 Å². The quantitative estimate of drug-likeness (QED) is 0.943. The van der Waals surface area contributed by atoms with Crippen LogP contribution < -0.4 is 5.32 Å². The van der Waals surface area contributed by atoms with Crippen molar-refractivity contribution in [3.63, 3.8) is 0 Å². The van der Waals surface area contributed by atoms with E-state index in [0.717, 1.165) is 32.5 Å². The van der Waals surface area contributed by atoms with Crippen molar-refractivity contribution in [2.75, 3.05) is 13.1 Å². The number of rotatable bonds is 3. The minimum absolute atomic E-state index is 0.0781. The number of likely N-dealkylation sites (tertiary alicyclic amines) is 1. The largest absolute Gasteiger partial charge is 0.350 e. The van der Waals surface area contributed by atoms with Gasteiger partial charge in [0.05, 0.1) is 0 Å². The van der Waals surface area contributed by atoms with E-state index in [2.05, 4.69) is 38.1 Å². The molecule has 0 saturated carbocycles. The monoisotopic (exact) mass is 327 g/mol. The topological polar surface area (TPSA) is 45.2 Å². The Labute approximate surface area is 140 Å². The summed E-state index contributed by atoms with van der Waals surface area (Å²) >= 11 is 1.75. The number of aromatic nitrogens is 1. The van der Waals surface area contributed by atoms with Crippen LogP contribution in [-0.4, -0.2) is 34.4 Å². The maximum absolute atomic E-state index is 12.1. The zero-order chi connectivity index (χ0) is 15.7. The van der Waals surface area contributed by atoms with Crippen molar-refractivity contribution in [1.29, 1.82) is 0 Å². The molecule has 5 heteroatoms. The number of nitrogens with one attached hydrogen (secondary N) is 1. The second-order valence-electron chi connectivity index (χ2n) is 6.66. The van der Waals surface area contributed by atoms with Gasteiger partial charge in [0.1, 0.15) is 0 Å². The summed E-state index contributed by atoms with van der Waals surface area (Å²) < 4.78 is 0. The first-order chi connectivity index (χ1) is 11.3. The van der Waals surface area contributed by atoms with Gasteiger partial charge in [-0.2, -0.15) is 11.3 Å². The van der Waals surface area contributed by atoms with E-state index in [1.165, 1.54) is 11.1 Å². The fraction of sp³-hybridized carbons (Fsp3) is 0.444. The molecule has 0 bridgehead atoms. The van der Waals surface area contributed by atoms with Gasteiger partial charge in [0.25, 0.3) is 0 Å². The van der Waals surface area contributed by atoms with Crippen molar-refractivity contribution in [3.8, 4) is 0 Å². The fourth-order valence-corrected chi connectivity index (χ4v) is 4.70. The highest BCUT2D eigenvalue weighted by Gasteiger charge is 2.48. The van der Waals surface area contributed by atoms with Crippen LogP contribution in [0.4, 0.5) is 0 Å². The summed E-state index contributed by atoms with van der Waals surface area (Å²) in [5.41, 5.74) is 2.51. The maximum atomic E-state index is 12.1. The van der Waals surface area contributed by atoms with E-state index in [1.807, 2.05) is 12.3 Å². The first-order valence-electron chi connectivity index (χ1n) is 8.20. The van der Waals surface area contributed by atoms with E-state index < -0.39 is 0 Å². The molecule has 0 radical (unpaired) electrons. The van der Waals surface area contributed by atoms with E-state index in [-0.39, 0.29) is 17.4 Å². The van der Waals surface area contributed by atoms with Gasteiger partial charge >= 0.3 is 0 Å². The lowest BCUT2D eigenvalue weighted by Crippen LogP contribution is -2.53. The number of pyridine rings is 1. The predicted molar refractivity (Wildman–Crippen MR) is 91.3 cm³/mol. The molecule has 2 aliphatic rings. The molecular weight excluding hydrogens is 306 g/mol. The SMILES string of the molecule is O=C1C[C@@H](c2cccnc2)C2(CCN(Cc3ccsc3)CC2)N1. The number of carbonyl (C=O) groups excluding carboxylic acids is 1. The lowest BCUT2D eigenvalue weighted by Gasteiger charge is -2.42. The molecule has 2 fully saturated rings. The van der Waals surface area contributed by atoms with Crippen LogP contribution >= 0.6 is 11.3 Å². The molecule has 1 atom stereocenters. The van der Waals surface area contributed by atoms with Crippen LogP contribution in [0.2, 0.25) is 0 Å². The number of carbonyl (C=O) groups is 1. The molecule has 4 heterocycles. The molecule has 1 amide bonds. The molecule has 1 spiro atoms. The van der Waals surface area contributed by atoms with Gasteiger partial charge in [0, 0.05) is 49.9 Å². The molecule has 23 heavy (non-hydrogen) atoms. The molecule has 0 aromatic carbocycles. The molecule has 0 unspecified atom stereocenters. The van der Waals surface area contributed by atoms with Gasteiger partial charge in [-0.05, 0) is 46.9 Å². The summed E-state index contributed by atoms with van der Waals surface area (Å²) in [7, 11) is 0. The van der Waals surface area contributed by atoms with Crippen molar-refractivity contribution in [2.45, 2.75) is 37.3 Å². The second-order valence-corrected chi connectivity index (χ2v) is 7.44. The highest BCUT2D eigenvalue weighted by molar-refractivity contribution is 7.07. The lowest BCUT2D eigenvalue weighted by molar-refractivity contribution is -0.120. The van der Waals surface area contributed by atoms with Crippen molar-refractivity contribution < 1.29 is 4.79 Å². The number of hydrogen-bond donors (Lipinski definition) is 1. The standard InChI is InChI=1S/C18H21N3OS/c22-17-10-16(15-2-1-6-19-11-15)18(20-17)4-7-21(8-5-18)12-14-3-9-23-13-14/h1-3,6,9,11,13,16H,4-5,7-8,10,12H2,(H,20,22)/t16-/m0/s1. The van der Waals surface area contributed by atoms with Crippen LogP contribution in [0.1, 0.15) is 36.3 Å². The molecule has 4 rings (SSSR count). The normalized spacial score (nSPS) is 24.0. The van der Waals surface area contributed by atoms with Crippen LogP contribution in [0.5, 0.6) is 0 Å². The van der Waals surface area contributed by atoms with Crippen LogP contribution in [0, 0.1) is 0 Å². The van der Waals surface area contributed by atoms with Gasteiger partial charge < -0.3 is 5.32 Å². The minimum atomic E-state index is -0.0781. The highest BCUT2D eigenvalue weighted by atomic mass is 32.1. The van der Waals surface area contributed by atoms with Crippen LogP contribution in [-0.2, 0) is 11.3 Å². The number of nitrogens with zero attached hydrogens (tertiary/aromatic N) is 2. The summed E-state index contributed by atoms with van der Waals surface area (Å²) in [6.07, 6.45) is 6.34. The molecule has 2 aromatic heterocycles. The minimum Gasteiger partial charge on any atom is -0.350 e. The van der Waals surface area contributed by atoms with Crippen molar-refractivity contribution in [1.82, 2.24) is 15.2 Å². The molecule has 2 aromatic rings. The van der Waals surface area contributed by atoms with E-state index in [0.29, 0.717) is 6.42 Å². The summed E-state index contributed by atoms with van der Waals surface area (Å²) in [5, 5.41) is 7.66. The molecule has 2 saturated heterocycles. The third kappa shape index (κ3) is 2.91. The van der Waals surface area contributed by atoms with E-state index in [4.69, 9.17) is 0 Å². The van der Waals surface area contributed by atoms with E-state index in [1.54, 1.807) is 17.5 Å². The fourth-order valence-electron chi connectivity index (χ4n) is 4.04. The Bertz CT molecular complexity index is 663. The first kappa shape index (κ1) is 14.8. The van der Waals surface area contributed by atoms with Crippen molar-refractivity contribution >= 4 is 17.2 Å². The number of piperidine rings is 1. The Hall–Kier alpha value is -1.72. The Morgan fingerprint density at radius 2 is 2.22 bits per heavy atom. The summed E-state index contributed by atoms with van der Waals surface area (Å²) in [4.78, 5) is 18.8. The van der Waals surface area contributed by atoms with Crippen LogP contribution in [0.25, 0.3) is 0 Å². The smallest absolute Gasteiger partial charge is 0.221 e. The number of thiophene rings is 1. The van der Waals surface area contributed by atoms with Crippen LogP contribution in [0.15, 0.2) is 41.4 Å². The average molecular weight is 327 g/mol. The summed E-state index contributed by atoms with van der Waals surface area (Å²) in [5.74, 6) is 0.442. The lowest BCUT2D eigenvalue weighted by atomic mass is 9.74. The number of hydrogen-bond acceptors (Lipinski definition) is 4. The molecule has 4 nitrogen and oxygen atoms in total. The second kappa shape index (κ2) is 6.06. The van der Waals surface area contributed by atoms with E-state index in [9.17, 15) is 4.79 Å². The maximum Gasteiger partial charge on any atom is 0.221 e. The zero-order valence-electron chi connectivity index (χ0n) is 13.1. The number of amides is 1. The third-order valence-corrected chi connectivity index (χ3v) is 6.00. The first-order valence-corrected chi connectivity index (χ1v) is 9.14. The van der Waals surface area contributed by atoms with Gasteiger partial charge in [-0.1, -0.05) is 6.07 Å². The van der Waals surface area contributed by atoms with Gasteiger partial charge in [-0.15, -0.1) is 0 Å². The van der Waals surface area contributed by atoms with Gasteiger partial charge in [0.15, 0.2) is 0 Å². The Balaban J connectivity index is 1.49. The molecular formula is C18H21N3OS. The van der Waals surface area contributed by atoms with Gasteiger partial charge in [-0.25, -0.2) is 0 Å². The van der Waals surface area contributed by atoms with Gasteiger partial charge in [-0.3, -0.25) is 14.7 Å². The van der Waals surface area contributed by atoms with Crippen LogP contribution in [0.3, 0.4) is 0 Å². The molecule has 2 aliphatic heterocycles. The molecule has 120 valence electrons. The molecule has 0 aliphatic carbocycles. The highest BCUT2D eigenvalue weighted by Crippen LogP contribution is 2.43. The van der Waals surface area contributed by atoms with Crippen molar-refractivity contribution in [2.24, 2.45) is 0 Å². The predicted octanol–water partition coefficient (Wildman–Crippen LogP) is 2.78. The van der Waals surface area contributed by atoms with Gasteiger partial charge in [0.2, 0.25) is 5.91 Å². The Morgan fingerprint density at radius 3 is 2.91 bits per heavy atom. The average Bonchev–Trinajstić information content (AvgIpc) is 3.19. The molecule has 1 N–H and O–H groups in total.